The first-order valence-corrected chi connectivity index (χ1v) is 3.56. The third-order valence-electron chi connectivity index (χ3n) is 1.01. The number of hydrogen-bond donors (Lipinski definition) is 1. The smallest absolute Gasteiger partial charge is 0.364 e. The second-order valence-corrected chi connectivity index (χ2v) is 2.50. The molecule has 8 heteroatoms. The van der Waals surface area contributed by atoms with Crippen molar-refractivity contribution in [2.75, 3.05) is 6.61 Å². The highest BCUT2D eigenvalue weighted by atomic mass is 35.5. The van der Waals surface area contributed by atoms with E-state index in [2.05, 4.69) is 19.9 Å². The summed E-state index contributed by atoms with van der Waals surface area (Å²) in [7, 11) is 0. The van der Waals surface area contributed by atoms with Crippen LogP contribution in [0.1, 0.15) is 5.82 Å². The van der Waals surface area contributed by atoms with Crippen LogP contribution in [-0.2, 0) is 11.3 Å². The van der Waals surface area contributed by atoms with Gasteiger partial charge in [-0.1, -0.05) is 0 Å². The molecular weight excluding hydrogens is 211 g/mol. The van der Waals surface area contributed by atoms with Crippen LogP contribution >= 0.6 is 11.6 Å². The van der Waals surface area contributed by atoms with Gasteiger partial charge in [-0.2, -0.15) is 18.2 Å². The molecule has 0 aromatic carbocycles. The fourth-order valence-corrected chi connectivity index (χ4v) is 0.744. The molecule has 0 radical (unpaired) electrons. The van der Waals surface area contributed by atoms with E-state index in [0.717, 1.165) is 0 Å². The standard InChI is InChI=1S/C5H5ClF3N3O/c6-4-10-3(11-12-4)1-13-2-5(7,8)9/h1-2H2,(H,10,11,12). The van der Waals surface area contributed by atoms with Crippen LogP contribution in [0, 0.1) is 0 Å². The first-order valence-electron chi connectivity index (χ1n) is 3.18. The van der Waals surface area contributed by atoms with Crippen molar-refractivity contribution in [2.24, 2.45) is 0 Å². The molecule has 0 aliphatic carbocycles. The molecule has 0 aliphatic rings. The lowest BCUT2D eigenvalue weighted by atomic mass is 10.6. The summed E-state index contributed by atoms with van der Waals surface area (Å²) in [6.45, 7) is -1.61. The van der Waals surface area contributed by atoms with E-state index < -0.39 is 12.8 Å². The number of hydrogen-bond acceptors (Lipinski definition) is 3. The number of rotatable bonds is 3. The highest BCUT2D eigenvalue weighted by Gasteiger charge is 2.27. The lowest BCUT2D eigenvalue weighted by Crippen LogP contribution is -2.16. The molecule has 74 valence electrons. The van der Waals surface area contributed by atoms with Gasteiger partial charge in [0.25, 0.3) is 0 Å². The Bertz CT molecular complexity index is 274. The Hall–Kier alpha value is -0.820. The Labute approximate surface area is 76.1 Å². The van der Waals surface area contributed by atoms with Crippen LogP contribution in [-0.4, -0.2) is 28.0 Å². The highest BCUT2D eigenvalue weighted by molar-refractivity contribution is 6.28. The van der Waals surface area contributed by atoms with Crippen molar-refractivity contribution in [2.45, 2.75) is 12.8 Å². The van der Waals surface area contributed by atoms with Crippen molar-refractivity contribution >= 4 is 11.6 Å². The van der Waals surface area contributed by atoms with Gasteiger partial charge in [-0.3, -0.25) is 5.10 Å². The summed E-state index contributed by atoms with van der Waals surface area (Å²) in [4.78, 5) is 3.54. The number of alkyl halides is 3. The maximum absolute atomic E-state index is 11.6. The predicted octanol–water partition coefficient (Wildman–Crippen LogP) is 1.54. The van der Waals surface area contributed by atoms with Gasteiger partial charge in [0.15, 0.2) is 5.82 Å². The van der Waals surface area contributed by atoms with Gasteiger partial charge in [0.2, 0.25) is 5.28 Å². The molecule has 0 aliphatic heterocycles. The monoisotopic (exact) mass is 215 g/mol. The van der Waals surface area contributed by atoms with Gasteiger partial charge >= 0.3 is 6.18 Å². The molecule has 0 saturated carbocycles. The Morgan fingerprint density at radius 1 is 1.46 bits per heavy atom. The zero-order chi connectivity index (χ0) is 9.90. The first-order chi connectivity index (χ1) is 5.97. The topological polar surface area (TPSA) is 50.8 Å². The zero-order valence-electron chi connectivity index (χ0n) is 6.23. The highest BCUT2D eigenvalue weighted by Crippen LogP contribution is 2.15. The molecule has 0 amide bonds. The summed E-state index contributed by atoms with van der Waals surface area (Å²) in [6.07, 6.45) is -4.33. The summed E-state index contributed by atoms with van der Waals surface area (Å²) >= 11 is 5.30. The van der Waals surface area contributed by atoms with Crippen LogP contribution in [0.5, 0.6) is 0 Å². The molecule has 1 heterocycles. The fourth-order valence-electron chi connectivity index (χ4n) is 0.600. The minimum Gasteiger partial charge on any atom is -0.364 e. The van der Waals surface area contributed by atoms with Crippen LogP contribution in [0.25, 0.3) is 0 Å². The van der Waals surface area contributed by atoms with Gasteiger partial charge in [0.1, 0.15) is 13.2 Å². The van der Waals surface area contributed by atoms with Gasteiger partial charge < -0.3 is 4.74 Å². The van der Waals surface area contributed by atoms with Crippen molar-refractivity contribution in [1.82, 2.24) is 15.2 Å². The third-order valence-corrected chi connectivity index (χ3v) is 1.18. The molecule has 0 unspecified atom stereocenters. The van der Waals surface area contributed by atoms with Crippen LogP contribution in [0.15, 0.2) is 0 Å². The molecule has 0 saturated heterocycles. The third kappa shape index (κ3) is 4.09. The average molecular weight is 216 g/mol. The van der Waals surface area contributed by atoms with Crippen molar-refractivity contribution in [3.63, 3.8) is 0 Å². The Kier molecular flexibility index (Phi) is 3.10. The molecule has 0 atom stereocenters. The van der Waals surface area contributed by atoms with Crippen molar-refractivity contribution in [3.05, 3.63) is 11.1 Å². The van der Waals surface area contributed by atoms with Crippen LogP contribution in [0.3, 0.4) is 0 Å². The molecule has 0 bridgehead atoms. The molecule has 1 aromatic rings. The second kappa shape index (κ2) is 3.93. The molecule has 1 aromatic heterocycles. The molecule has 0 spiro atoms. The molecular formula is C5H5ClF3N3O. The maximum atomic E-state index is 11.6. The molecule has 13 heavy (non-hydrogen) atoms. The quantitative estimate of drug-likeness (QED) is 0.832. The Balaban J connectivity index is 2.28. The van der Waals surface area contributed by atoms with E-state index in [-0.39, 0.29) is 17.7 Å². The summed E-state index contributed by atoms with van der Waals surface area (Å²) in [5, 5.41) is 5.66. The van der Waals surface area contributed by atoms with Gasteiger partial charge in [0, 0.05) is 0 Å². The summed E-state index contributed by atoms with van der Waals surface area (Å²) in [5.74, 6) is 0.161. The number of ether oxygens (including phenoxy) is 1. The van der Waals surface area contributed by atoms with Crippen LogP contribution in [0.4, 0.5) is 13.2 Å². The van der Waals surface area contributed by atoms with Gasteiger partial charge in [0.05, 0.1) is 0 Å². The summed E-state index contributed by atoms with van der Waals surface area (Å²) < 4.78 is 39.0. The van der Waals surface area contributed by atoms with E-state index in [1.165, 1.54) is 0 Å². The lowest BCUT2D eigenvalue weighted by Gasteiger charge is -2.05. The number of nitrogens with zero attached hydrogens (tertiary/aromatic N) is 2. The minimum absolute atomic E-state index is 0.0504. The van der Waals surface area contributed by atoms with Gasteiger partial charge in [-0.05, 0) is 11.6 Å². The van der Waals surface area contributed by atoms with Crippen LogP contribution in [0.2, 0.25) is 5.28 Å². The van der Waals surface area contributed by atoms with Crippen molar-refractivity contribution in [1.29, 1.82) is 0 Å². The van der Waals surface area contributed by atoms with Gasteiger partial charge in [-0.25, -0.2) is 0 Å². The van der Waals surface area contributed by atoms with E-state index in [0.29, 0.717) is 0 Å². The number of halogens is 4. The lowest BCUT2D eigenvalue weighted by molar-refractivity contribution is -0.177. The molecule has 1 rings (SSSR count). The Morgan fingerprint density at radius 3 is 2.62 bits per heavy atom. The first kappa shape index (κ1) is 10.3. The minimum atomic E-state index is -4.33. The van der Waals surface area contributed by atoms with E-state index in [9.17, 15) is 13.2 Å². The average Bonchev–Trinajstić information content (AvgIpc) is 2.33. The molecule has 0 fully saturated rings. The van der Waals surface area contributed by atoms with E-state index in [1.54, 1.807) is 0 Å². The molecule has 4 nitrogen and oxygen atoms in total. The van der Waals surface area contributed by atoms with E-state index >= 15 is 0 Å². The zero-order valence-corrected chi connectivity index (χ0v) is 6.98. The van der Waals surface area contributed by atoms with Crippen LogP contribution < -0.4 is 0 Å². The number of H-pyrrole nitrogens is 1. The number of aromatic amines is 1. The normalized spacial score (nSPS) is 12.0. The SMILES string of the molecule is FC(F)(F)COCc1nc(Cl)n[nH]1. The van der Waals surface area contributed by atoms with Crippen molar-refractivity contribution in [3.8, 4) is 0 Å². The van der Waals surface area contributed by atoms with E-state index in [1.807, 2.05) is 0 Å². The fraction of sp³-hybridized carbons (Fsp3) is 0.600. The van der Waals surface area contributed by atoms with Gasteiger partial charge in [-0.15, -0.1) is 5.10 Å². The largest absolute Gasteiger partial charge is 0.411 e. The second-order valence-electron chi connectivity index (χ2n) is 2.16. The maximum Gasteiger partial charge on any atom is 0.411 e. The number of aromatic nitrogens is 3. The van der Waals surface area contributed by atoms with E-state index in [4.69, 9.17) is 11.6 Å². The van der Waals surface area contributed by atoms with Crippen molar-refractivity contribution < 1.29 is 17.9 Å². The predicted molar refractivity (Wildman–Crippen MR) is 37.1 cm³/mol. The summed E-state index contributed by atoms with van der Waals surface area (Å²) in [6, 6.07) is 0. The summed E-state index contributed by atoms with van der Waals surface area (Å²) in [5.41, 5.74) is 0. The Morgan fingerprint density at radius 2 is 2.15 bits per heavy atom. The molecule has 1 N–H and O–H groups in total. The number of nitrogens with one attached hydrogen (secondary N) is 1.